The van der Waals surface area contributed by atoms with Crippen LogP contribution in [0.15, 0.2) is 79.1 Å². The molecular weight excluding hydrogens is 336 g/mol. The second-order valence-electron chi connectivity index (χ2n) is 6.48. The van der Waals surface area contributed by atoms with E-state index in [-0.39, 0.29) is 6.04 Å². The van der Waals surface area contributed by atoms with Crippen LogP contribution in [0.2, 0.25) is 0 Å². The highest BCUT2D eigenvalue weighted by molar-refractivity contribution is 5.87. The number of rotatable bonds is 3. The normalized spacial score (nSPS) is 15.7. The van der Waals surface area contributed by atoms with E-state index in [1.165, 1.54) is 16.3 Å². The second-order valence-corrected chi connectivity index (χ2v) is 6.48. The van der Waals surface area contributed by atoms with E-state index in [9.17, 15) is 0 Å². The van der Waals surface area contributed by atoms with E-state index < -0.39 is 0 Å². The Balaban J connectivity index is 1.66. The zero-order valence-electron chi connectivity index (χ0n) is 14.8. The summed E-state index contributed by atoms with van der Waals surface area (Å²) < 4.78 is 7.20. The summed E-state index contributed by atoms with van der Waals surface area (Å²) in [5.74, 6) is 1.57. The number of methoxy groups -OCH3 is 1. The van der Waals surface area contributed by atoms with Crippen molar-refractivity contribution >= 4 is 22.4 Å². The maximum absolute atomic E-state index is 5.27. The van der Waals surface area contributed by atoms with Crippen molar-refractivity contribution in [2.45, 2.75) is 6.04 Å². The van der Waals surface area contributed by atoms with Crippen molar-refractivity contribution in [1.29, 1.82) is 0 Å². The summed E-state index contributed by atoms with van der Waals surface area (Å²) in [6.07, 6.45) is 3.79. The molecule has 27 heavy (non-hydrogen) atoms. The number of nitrogens with one attached hydrogen (secondary N) is 1. The molecule has 1 aromatic heterocycles. The van der Waals surface area contributed by atoms with Crippen LogP contribution in [0.4, 0.5) is 5.95 Å². The number of allylic oxidation sites excluding steroid dienone is 1. The van der Waals surface area contributed by atoms with Crippen LogP contribution in [-0.2, 0) is 0 Å². The Bertz CT molecular complexity index is 1140. The molecule has 0 amide bonds. The minimum atomic E-state index is -0.0352. The van der Waals surface area contributed by atoms with Crippen molar-refractivity contribution in [3.8, 4) is 5.75 Å². The summed E-state index contributed by atoms with van der Waals surface area (Å²) in [7, 11) is 1.67. The molecule has 0 spiro atoms. The third-order valence-electron chi connectivity index (χ3n) is 4.95. The molecular formula is C22H18N4O. The highest BCUT2D eigenvalue weighted by Crippen LogP contribution is 2.35. The van der Waals surface area contributed by atoms with Gasteiger partial charge < -0.3 is 10.1 Å². The van der Waals surface area contributed by atoms with Gasteiger partial charge in [0.15, 0.2) is 0 Å². The smallest absolute Gasteiger partial charge is 0.226 e. The van der Waals surface area contributed by atoms with Gasteiger partial charge in [-0.05, 0) is 52.2 Å². The van der Waals surface area contributed by atoms with E-state index in [2.05, 4.69) is 63.9 Å². The molecule has 4 aromatic rings. The lowest BCUT2D eigenvalue weighted by Gasteiger charge is -2.25. The molecule has 2 heterocycles. The molecule has 5 rings (SSSR count). The number of anilines is 1. The Morgan fingerprint density at radius 3 is 2.63 bits per heavy atom. The molecule has 0 aliphatic carbocycles. The van der Waals surface area contributed by atoms with Crippen LogP contribution < -0.4 is 10.1 Å². The SMILES string of the molecule is COc1ccc(C2=C[C@@H](c3cccc4ccccc34)n3ncnc3N2)cc1. The molecule has 0 bridgehead atoms. The fraction of sp³-hybridized carbons (Fsp3) is 0.0909. The van der Waals surface area contributed by atoms with Crippen molar-refractivity contribution in [2.75, 3.05) is 12.4 Å². The molecule has 132 valence electrons. The number of hydrogen-bond acceptors (Lipinski definition) is 4. The fourth-order valence-corrected chi connectivity index (χ4v) is 3.60. The van der Waals surface area contributed by atoms with Gasteiger partial charge >= 0.3 is 0 Å². The van der Waals surface area contributed by atoms with Gasteiger partial charge in [-0.3, -0.25) is 0 Å². The van der Waals surface area contributed by atoms with Crippen molar-refractivity contribution in [2.24, 2.45) is 0 Å². The number of fused-ring (bicyclic) bond motifs is 2. The lowest BCUT2D eigenvalue weighted by Crippen LogP contribution is -2.20. The lowest BCUT2D eigenvalue weighted by atomic mass is 9.96. The molecule has 1 aliphatic rings. The summed E-state index contributed by atoms with van der Waals surface area (Å²) in [6, 6.07) is 22.8. The molecule has 0 unspecified atom stereocenters. The van der Waals surface area contributed by atoms with Crippen LogP contribution in [0.3, 0.4) is 0 Å². The van der Waals surface area contributed by atoms with Gasteiger partial charge in [0.05, 0.1) is 7.11 Å². The Hall–Kier alpha value is -3.60. The monoisotopic (exact) mass is 354 g/mol. The van der Waals surface area contributed by atoms with Crippen molar-refractivity contribution < 1.29 is 4.74 Å². The third kappa shape index (κ3) is 2.64. The van der Waals surface area contributed by atoms with E-state index in [1.54, 1.807) is 13.4 Å². The second kappa shape index (κ2) is 6.29. The Morgan fingerprint density at radius 1 is 0.963 bits per heavy atom. The number of hydrogen-bond donors (Lipinski definition) is 1. The first-order valence-corrected chi connectivity index (χ1v) is 8.84. The zero-order valence-corrected chi connectivity index (χ0v) is 14.8. The Morgan fingerprint density at radius 2 is 1.78 bits per heavy atom. The molecule has 1 N–H and O–H groups in total. The summed E-state index contributed by atoms with van der Waals surface area (Å²) >= 11 is 0. The zero-order chi connectivity index (χ0) is 18.2. The minimum absolute atomic E-state index is 0.0352. The lowest BCUT2D eigenvalue weighted by molar-refractivity contribution is 0.415. The van der Waals surface area contributed by atoms with Gasteiger partial charge in [-0.1, -0.05) is 42.5 Å². The number of benzene rings is 3. The average molecular weight is 354 g/mol. The molecule has 5 heteroatoms. The Kier molecular flexibility index (Phi) is 3.64. The van der Waals surface area contributed by atoms with Gasteiger partial charge in [-0.15, -0.1) is 0 Å². The highest BCUT2D eigenvalue weighted by Gasteiger charge is 2.24. The maximum atomic E-state index is 5.27. The first-order chi connectivity index (χ1) is 13.3. The molecule has 1 aliphatic heterocycles. The molecule has 1 atom stereocenters. The first kappa shape index (κ1) is 15.6. The van der Waals surface area contributed by atoms with E-state index in [1.807, 2.05) is 28.9 Å². The van der Waals surface area contributed by atoms with Gasteiger partial charge in [0.2, 0.25) is 5.95 Å². The molecule has 0 fully saturated rings. The maximum Gasteiger partial charge on any atom is 0.226 e. The standard InChI is InChI=1S/C22H18N4O/c1-27-17-11-9-16(10-12-17)20-13-21(26-22(25-20)23-14-24-26)19-8-4-6-15-5-2-3-7-18(15)19/h2-14,21H,1H3,(H,23,24,25)/t21-/m0/s1. The largest absolute Gasteiger partial charge is 0.497 e. The van der Waals surface area contributed by atoms with Crippen LogP contribution in [0.5, 0.6) is 5.75 Å². The quantitative estimate of drug-likeness (QED) is 0.589. The molecule has 0 radical (unpaired) electrons. The summed E-state index contributed by atoms with van der Waals surface area (Å²) in [6.45, 7) is 0. The minimum Gasteiger partial charge on any atom is -0.497 e. The van der Waals surface area contributed by atoms with Crippen molar-refractivity contribution in [1.82, 2.24) is 14.8 Å². The molecule has 0 saturated carbocycles. The van der Waals surface area contributed by atoms with E-state index in [0.717, 1.165) is 23.0 Å². The van der Waals surface area contributed by atoms with Crippen LogP contribution in [0.1, 0.15) is 17.2 Å². The van der Waals surface area contributed by atoms with Gasteiger partial charge in [0, 0.05) is 5.70 Å². The summed E-state index contributed by atoms with van der Waals surface area (Å²) in [4.78, 5) is 4.40. The van der Waals surface area contributed by atoms with Crippen molar-refractivity contribution in [3.63, 3.8) is 0 Å². The van der Waals surface area contributed by atoms with E-state index in [0.29, 0.717) is 0 Å². The van der Waals surface area contributed by atoms with Gasteiger partial charge in [0.1, 0.15) is 18.1 Å². The predicted molar refractivity (Wildman–Crippen MR) is 107 cm³/mol. The highest BCUT2D eigenvalue weighted by atomic mass is 16.5. The average Bonchev–Trinajstić information content (AvgIpc) is 3.21. The predicted octanol–water partition coefficient (Wildman–Crippen LogP) is 4.50. The number of nitrogens with zero attached hydrogens (tertiary/aromatic N) is 3. The number of ether oxygens (including phenoxy) is 1. The summed E-state index contributed by atoms with van der Waals surface area (Å²) in [5.41, 5.74) is 3.29. The fourth-order valence-electron chi connectivity index (χ4n) is 3.60. The van der Waals surface area contributed by atoms with Crippen LogP contribution in [-0.4, -0.2) is 21.9 Å². The van der Waals surface area contributed by atoms with Crippen LogP contribution in [0, 0.1) is 0 Å². The first-order valence-electron chi connectivity index (χ1n) is 8.84. The summed E-state index contributed by atoms with van der Waals surface area (Å²) in [5, 5.41) is 10.3. The Labute approximate surface area is 156 Å². The topological polar surface area (TPSA) is 52.0 Å². The molecule has 5 nitrogen and oxygen atoms in total. The van der Waals surface area contributed by atoms with Gasteiger partial charge in [0.25, 0.3) is 0 Å². The van der Waals surface area contributed by atoms with Crippen LogP contribution >= 0.6 is 0 Å². The van der Waals surface area contributed by atoms with Gasteiger partial charge in [-0.2, -0.15) is 10.1 Å². The molecule has 0 saturated heterocycles. The van der Waals surface area contributed by atoms with Gasteiger partial charge in [-0.25, -0.2) is 4.68 Å². The van der Waals surface area contributed by atoms with Crippen molar-refractivity contribution in [3.05, 3.63) is 90.3 Å². The third-order valence-corrected chi connectivity index (χ3v) is 4.95. The van der Waals surface area contributed by atoms with Crippen LogP contribution in [0.25, 0.3) is 16.5 Å². The molecule has 3 aromatic carbocycles. The van der Waals surface area contributed by atoms with E-state index >= 15 is 0 Å². The van der Waals surface area contributed by atoms with E-state index in [4.69, 9.17) is 4.74 Å². The number of aromatic nitrogens is 3.